The van der Waals surface area contributed by atoms with Crippen molar-refractivity contribution in [3.05, 3.63) is 54.6 Å². The molecule has 0 heterocycles. The first-order valence-electron chi connectivity index (χ1n) is 6.97. The lowest BCUT2D eigenvalue weighted by Gasteiger charge is -2.08. The molecule has 4 nitrogen and oxygen atoms in total. The Bertz CT molecular complexity index is 644. The largest absolute Gasteiger partial charge is 0.347 e. The summed E-state index contributed by atoms with van der Waals surface area (Å²) in [6.07, 6.45) is 0.358. The van der Waals surface area contributed by atoms with E-state index in [9.17, 15) is 9.59 Å². The summed E-state index contributed by atoms with van der Waals surface area (Å²) in [5, 5.41) is 5.94. The van der Waals surface area contributed by atoms with Crippen molar-refractivity contribution in [1.82, 2.24) is 5.32 Å². The number of anilines is 1. The maximum Gasteiger partial charge on any atom is 0.243 e. The van der Waals surface area contributed by atoms with Crippen LogP contribution in [0.15, 0.2) is 54.6 Å². The summed E-state index contributed by atoms with van der Waals surface area (Å²) in [6.45, 7) is -0.0264. The summed E-state index contributed by atoms with van der Waals surface area (Å²) in [5.74, 6) is -0.391. The van der Waals surface area contributed by atoms with Crippen LogP contribution in [-0.2, 0) is 9.59 Å². The molecule has 0 saturated heterocycles. The van der Waals surface area contributed by atoms with E-state index in [1.54, 1.807) is 0 Å². The monoisotopic (exact) mass is 360 g/mol. The minimum atomic E-state index is -0.242. The normalized spacial score (nSPS) is 10.0. The Morgan fingerprint density at radius 3 is 2.36 bits per heavy atom. The summed E-state index contributed by atoms with van der Waals surface area (Å²) in [5.41, 5.74) is 2.83. The molecule has 0 bridgehead atoms. The van der Waals surface area contributed by atoms with E-state index >= 15 is 0 Å². The van der Waals surface area contributed by atoms with Gasteiger partial charge in [-0.3, -0.25) is 9.59 Å². The third-order valence-corrected chi connectivity index (χ3v) is 3.42. The lowest BCUT2D eigenvalue weighted by atomic mass is 10.1. The van der Waals surface area contributed by atoms with E-state index in [-0.39, 0.29) is 18.4 Å². The zero-order valence-corrected chi connectivity index (χ0v) is 13.6. The van der Waals surface area contributed by atoms with E-state index < -0.39 is 0 Å². The second-order valence-corrected chi connectivity index (χ2v) is 5.50. The van der Waals surface area contributed by atoms with Crippen LogP contribution in [0, 0.1) is 0 Å². The van der Waals surface area contributed by atoms with Gasteiger partial charge in [0.15, 0.2) is 0 Å². The second-order valence-electron chi connectivity index (χ2n) is 4.71. The Morgan fingerprint density at radius 1 is 0.909 bits per heavy atom. The van der Waals surface area contributed by atoms with Crippen molar-refractivity contribution < 1.29 is 9.59 Å². The molecular formula is C17H17BrN2O2. The van der Waals surface area contributed by atoms with Crippen molar-refractivity contribution in [2.75, 3.05) is 17.2 Å². The smallest absolute Gasteiger partial charge is 0.243 e. The molecule has 0 fully saturated rings. The third kappa shape index (κ3) is 5.00. The van der Waals surface area contributed by atoms with Crippen LogP contribution in [0.4, 0.5) is 5.69 Å². The lowest BCUT2D eigenvalue weighted by Crippen LogP contribution is -2.32. The molecule has 2 aromatic rings. The number of halogens is 1. The molecule has 2 rings (SSSR count). The maximum atomic E-state index is 11.8. The summed E-state index contributed by atoms with van der Waals surface area (Å²) in [4.78, 5) is 23.1. The first kappa shape index (κ1) is 16.2. The van der Waals surface area contributed by atoms with Crippen LogP contribution in [0.1, 0.15) is 6.42 Å². The number of carbonyl (C=O) groups excluding carboxylic acids is 2. The molecule has 22 heavy (non-hydrogen) atoms. The summed E-state index contributed by atoms with van der Waals surface area (Å²) < 4.78 is 0. The fourth-order valence-corrected chi connectivity index (χ4v) is 2.33. The molecule has 0 aliphatic rings. The number of hydrogen-bond donors (Lipinski definition) is 2. The predicted octanol–water partition coefficient (Wildman–Crippen LogP) is 3.19. The Balaban J connectivity index is 1.96. The molecule has 0 spiro atoms. The van der Waals surface area contributed by atoms with Crippen molar-refractivity contribution in [2.45, 2.75) is 6.42 Å². The van der Waals surface area contributed by atoms with Gasteiger partial charge in [-0.1, -0.05) is 58.4 Å². The fourth-order valence-electron chi connectivity index (χ4n) is 1.97. The van der Waals surface area contributed by atoms with Gasteiger partial charge in [0.25, 0.3) is 0 Å². The van der Waals surface area contributed by atoms with Crippen LogP contribution >= 0.6 is 15.9 Å². The van der Waals surface area contributed by atoms with E-state index in [0.717, 1.165) is 11.1 Å². The number of alkyl halides is 1. The molecule has 2 N–H and O–H groups in total. The zero-order chi connectivity index (χ0) is 15.8. The van der Waals surface area contributed by atoms with E-state index in [1.165, 1.54) is 0 Å². The van der Waals surface area contributed by atoms with Gasteiger partial charge >= 0.3 is 0 Å². The molecule has 0 aliphatic carbocycles. The van der Waals surface area contributed by atoms with Gasteiger partial charge in [0, 0.05) is 17.4 Å². The second kappa shape index (κ2) is 8.34. The number of benzene rings is 2. The minimum Gasteiger partial charge on any atom is -0.347 e. The van der Waals surface area contributed by atoms with Crippen LogP contribution in [0.2, 0.25) is 0 Å². The molecule has 2 aromatic carbocycles. The summed E-state index contributed by atoms with van der Waals surface area (Å²) >= 11 is 3.18. The molecular weight excluding hydrogens is 344 g/mol. The maximum absolute atomic E-state index is 11.8. The number of nitrogens with one attached hydrogen (secondary N) is 2. The molecule has 0 aliphatic heterocycles. The standard InChI is InChI=1S/C17H17BrN2O2/c18-10-9-16(21)19-12-17(22)20-15-8-4-7-14(11-15)13-5-2-1-3-6-13/h1-8,11H,9-10,12H2,(H,19,21)(H,20,22). The van der Waals surface area contributed by atoms with Crippen LogP contribution in [0.5, 0.6) is 0 Å². The number of rotatable bonds is 6. The Labute approximate surface area is 138 Å². The molecule has 0 radical (unpaired) electrons. The Hall–Kier alpha value is -2.14. The van der Waals surface area contributed by atoms with Crippen molar-refractivity contribution in [1.29, 1.82) is 0 Å². The topological polar surface area (TPSA) is 58.2 Å². The van der Waals surface area contributed by atoms with Gasteiger partial charge in [-0.2, -0.15) is 0 Å². The molecule has 114 valence electrons. The Kier molecular flexibility index (Phi) is 6.15. The van der Waals surface area contributed by atoms with Crippen LogP contribution in [-0.4, -0.2) is 23.7 Å². The molecule has 0 atom stereocenters. The molecule has 0 saturated carbocycles. The van der Waals surface area contributed by atoms with Crippen molar-refractivity contribution in [3.8, 4) is 11.1 Å². The van der Waals surface area contributed by atoms with E-state index in [2.05, 4.69) is 26.6 Å². The molecule has 0 unspecified atom stereocenters. The van der Waals surface area contributed by atoms with Crippen LogP contribution in [0.3, 0.4) is 0 Å². The summed E-state index contributed by atoms with van der Waals surface area (Å²) in [7, 11) is 0. The molecule has 0 aromatic heterocycles. The van der Waals surface area contributed by atoms with E-state index in [1.807, 2.05) is 54.6 Å². The highest BCUT2D eigenvalue weighted by Gasteiger charge is 2.06. The number of carbonyl (C=O) groups is 2. The average molecular weight is 361 g/mol. The SMILES string of the molecule is O=C(CCBr)NCC(=O)Nc1cccc(-c2ccccc2)c1. The van der Waals surface area contributed by atoms with Crippen molar-refractivity contribution in [3.63, 3.8) is 0 Å². The van der Waals surface area contributed by atoms with Crippen molar-refractivity contribution in [2.24, 2.45) is 0 Å². The van der Waals surface area contributed by atoms with Gasteiger partial charge in [-0.05, 0) is 23.3 Å². The minimum absolute atomic E-state index is 0.0264. The highest BCUT2D eigenvalue weighted by molar-refractivity contribution is 9.09. The van der Waals surface area contributed by atoms with Crippen molar-refractivity contribution >= 4 is 33.4 Å². The number of amides is 2. The van der Waals surface area contributed by atoms with E-state index in [4.69, 9.17) is 0 Å². The zero-order valence-electron chi connectivity index (χ0n) is 12.0. The highest BCUT2D eigenvalue weighted by Crippen LogP contribution is 2.22. The molecule has 5 heteroatoms. The van der Waals surface area contributed by atoms with Gasteiger partial charge < -0.3 is 10.6 Å². The third-order valence-electron chi connectivity index (χ3n) is 3.02. The van der Waals surface area contributed by atoms with Crippen LogP contribution in [0.25, 0.3) is 11.1 Å². The highest BCUT2D eigenvalue weighted by atomic mass is 79.9. The first-order valence-corrected chi connectivity index (χ1v) is 8.09. The van der Waals surface area contributed by atoms with Gasteiger partial charge in [0.1, 0.15) is 0 Å². The van der Waals surface area contributed by atoms with Crippen LogP contribution < -0.4 is 10.6 Å². The number of hydrogen-bond acceptors (Lipinski definition) is 2. The summed E-state index contributed by atoms with van der Waals surface area (Å²) in [6, 6.07) is 17.6. The van der Waals surface area contributed by atoms with Gasteiger partial charge in [0.2, 0.25) is 11.8 Å². The average Bonchev–Trinajstić information content (AvgIpc) is 2.54. The van der Waals surface area contributed by atoms with Gasteiger partial charge in [0.05, 0.1) is 6.54 Å². The lowest BCUT2D eigenvalue weighted by molar-refractivity contribution is -0.123. The van der Waals surface area contributed by atoms with E-state index in [0.29, 0.717) is 17.4 Å². The Morgan fingerprint density at radius 2 is 1.64 bits per heavy atom. The molecule has 2 amide bonds. The predicted molar refractivity (Wildman–Crippen MR) is 91.9 cm³/mol. The van der Waals surface area contributed by atoms with Gasteiger partial charge in [-0.25, -0.2) is 0 Å². The first-order chi connectivity index (χ1) is 10.7. The fraction of sp³-hybridized carbons (Fsp3) is 0.176. The van der Waals surface area contributed by atoms with Gasteiger partial charge in [-0.15, -0.1) is 0 Å². The quantitative estimate of drug-likeness (QED) is 0.777.